The second-order valence-electron chi connectivity index (χ2n) is 6.16. The molecule has 0 radical (unpaired) electrons. The minimum Gasteiger partial charge on any atom is -0.432 e. The van der Waals surface area contributed by atoms with Crippen molar-refractivity contribution < 1.29 is 28.5 Å². The summed E-state index contributed by atoms with van der Waals surface area (Å²) in [6.45, 7) is 0.417. The highest BCUT2D eigenvalue weighted by molar-refractivity contribution is 9.28. The van der Waals surface area contributed by atoms with Crippen LogP contribution in [0.3, 0.4) is 0 Å². The van der Waals surface area contributed by atoms with E-state index in [0.717, 1.165) is 8.96 Å². The molecule has 2 saturated heterocycles. The molecule has 4 atom stereocenters. The second-order valence-corrected chi connectivity index (χ2v) is 8.93. The SMILES string of the molecule is COCO[C@H]1C[C@@H](C=C(Br)Br)O[C@@H]2OC(=O)C[C@@]21OCc1ccccc1. The van der Waals surface area contributed by atoms with E-state index in [1.165, 1.54) is 0 Å². The van der Waals surface area contributed by atoms with Gasteiger partial charge in [0.1, 0.15) is 6.79 Å². The zero-order chi connectivity index (χ0) is 18.6. The lowest BCUT2D eigenvalue weighted by Crippen LogP contribution is -2.59. The summed E-state index contributed by atoms with van der Waals surface area (Å²) in [4.78, 5) is 12.1. The van der Waals surface area contributed by atoms with Gasteiger partial charge in [0, 0.05) is 13.5 Å². The Kier molecular flexibility index (Phi) is 6.87. The van der Waals surface area contributed by atoms with Crippen LogP contribution in [0.5, 0.6) is 0 Å². The van der Waals surface area contributed by atoms with Crippen LogP contribution in [-0.2, 0) is 35.1 Å². The molecule has 1 aromatic carbocycles. The van der Waals surface area contributed by atoms with Crippen molar-refractivity contribution in [2.24, 2.45) is 0 Å². The monoisotopic (exact) mass is 490 g/mol. The minimum atomic E-state index is -1.01. The highest BCUT2D eigenvalue weighted by Gasteiger charge is 2.60. The van der Waals surface area contributed by atoms with Crippen LogP contribution in [0.2, 0.25) is 0 Å². The molecule has 26 heavy (non-hydrogen) atoms. The van der Waals surface area contributed by atoms with Crippen molar-refractivity contribution in [2.75, 3.05) is 13.9 Å². The van der Waals surface area contributed by atoms with Gasteiger partial charge in [0.2, 0.25) is 6.29 Å². The van der Waals surface area contributed by atoms with Gasteiger partial charge in [0.15, 0.2) is 5.60 Å². The number of rotatable bonds is 7. The number of methoxy groups -OCH3 is 1. The number of halogens is 2. The van der Waals surface area contributed by atoms with Crippen molar-refractivity contribution in [2.45, 2.75) is 43.5 Å². The lowest BCUT2D eigenvalue weighted by Gasteiger charge is -2.44. The molecule has 0 saturated carbocycles. The van der Waals surface area contributed by atoms with Crippen LogP contribution in [-0.4, -0.2) is 44.0 Å². The number of ether oxygens (including phenoxy) is 5. The zero-order valence-electron chi connectivity index (χ0n) is 14.2. The van der Waals surface area contributed by atoms with Gasteiger partial charge in [-0.2, -0.15) is 0 Å². The van der Waals surface area contributed by atoms with Crippen LogP contribution in [0.15, 0.2) is 39.8 Å². The summed E-state index contributed by atoms with van der Waals surface area (Å²) in [7, 11) is 1.55. The predicted molar refractivity (Wildman–Crippen MR) is 101 cm³/mol. The summed E-state index contributed by atoms with van der Waals surface area (Å²) in [5, 5.41) is 0. The van der Waals surface area contributed by atoms with E-state index >= 15 is 0 Å². The van der Waals surface area contributed by atoms with E-state index in [0.29, 0.717) is 13.0 Å². The van der Waals surface area contributed by atoms with Gasteiger partial charge in [0.25, 0.3) is 0 Å². The van der Waals surface area contributed by atoms with Crippen LogP contribution in [0.1, 0.15) is 18.4 Å². The quantitative estimate of drug-likeness (QED) is 0.428. The van der Waals surface area contributed by atoms with E-state index in [1.807, 2.05) is 36.4 Å². The van der Waals surface area contributed by atoms with Crippen LogP contribution >= 0.6 is 31.9 Å². The average Bonchev–Trinajstić information content (AvgIpc) is 2.94. The molecule has 3 rings (SSSR count). The number of carbonyl (C=O) groups excluding carboxylic acids is 1. The molecule has 2 aliphatic rings. The van der Waals surface area contributed by atoms with E-state index in [2.05, 4.69) is 31.9 Å². The molecule has 0 amide bonds. The van der Waals surface area contributed by atoms with Crippen molar-refractivity contribution in [3.05, 3.63) is 45.4 Å². The predicted octanol–water partition coefficient (Wildman–Crippen LogP) is 3.62. The standard InChI is InChI=1S/C18H20Br2O6/c1-22-11-23-14-7-13(8-15(19)20)25-17-18(14,9-16(21)26-17)24-10-12-5-3-2-4-6-12/h2-6,8,13-14,17H,7,9-11H2,1H3/t13-,14-,17+,18-/m0/s1. The Bertz CT molecular complexity index is 648. The fourth-order valence-corrected chi connectivity index (χ4v) is 3.80. The molecule has 6 nitrogen and oxygen atoms in total. The first-order valence-corrected chi connectivity index (χ1v) is 9.78. The summed E-state index contributed by atoms with van der Waals surface area (Å²) in [5.41, 5.74) is -0.00937. The van der Waals surface area contributed by atoms with Gasteiger partial charge in [-0.25, -0.2) is 0 Å². The Morgan fingerprint density at radius 2 is 2.12 bits per heavy atom. The maximum atomic E-state index is 12.1. The third-order valence-electron chi connectivity index (χ3n) is 4.40. The normalized spacial score (nSPS) is 30.6. The van der Waals surface area contributed by atoms with Gasteiger partial charge in [-0.15, -0.1) is 0 Å². The van der Waals surface area contributed by atoms with Crippen molar-refractivity contribution in [3.8, 4) is 0 Å². The van der Waals surface area contributed by atoms with E-state index in [9.17, 15) is 4.79 Å². The van der Waals surface area contributed by atoms with Crippen molar-refractivity contribution in [1.82, 2.24) is 0 Å². The molecule has 142 valence electrons. The second kappa shape index (κ2) is 8.95. The maximum Gasteiger partial charge on any atom is 0.311 e. The van der Waals surface area contributed by atoms with Gasteiger partial charge >= 0.3 is 5.97 Å². The van der Waals surface area contributed by atoms with Crippen molar-refractivity contribution >= 4 is 37.8 Å². The van der Waals surface area contributed by atoms with Crippen LogP contribution in [0.25, 0.3) is 0 Å². The Labute approximate surface area is 169 Å². The van der Waals surface area contributed by atoms with Gasteiger partial charge in [-0.1, -0.05) is 30.3 Å². The molecule has 8 heteroatoms. The fourth-order valence-electron chi connectivity index (χ4n) is 3.21. The topological polar surface area (TPSA) is 63.2 Å². The smallest absolute Gasteiger partial charge is 0.311 e. The molecular weight excluding hydrogens is 472 g/mol. The third-order valence-corrected chi connectivity index (χ3v) is 4.93. The summed E-state index contributed by atoms with van der Waals surface area (Å²) in [6.07, 6.45) is 0.870. The highest BCUT2D eigenvalue weighted by Crippen LogP contribution is 2.43. The molecule has 2 heterocycles. The Balaban J connectivity index is 1.83. The van der Waals surface area contributed by atoms with Crippen molar-refractivity contribution in [3.63, 3.8) is 0 Å². The van der Waals surface area contributed by atoms with E-state index in [-0.39, 0.29) is 25.3 Å². The summed E-state index contributed by atoms with van der Waals surface area (Å²) < 4.78 is 29.3. The molecule has 2 aliphatic heterocycles. The minimum absolute atomic E-state index is 0.0742. The fraction of sp³-hybridized carbons (Fsp3) is 0.500. The van der Waals surface area contributed by atoms with Crippen LogP contribution in [0, 0.1) is 0 Å². The van der Waals surface area contributed by atoms with Crippen molar-refractivity contribution in [1.29, 1.82) is 0 Å². The first-order valence-electron chi connectivity index (χ1n) is 8.19. The summed E-state index contributed by atoms with van der Waals surface area (Å²) >= 11 is 6.67. The lowest BCUT2D eigenvalue weighted by molar-refractivity contribution is -0.300. The van der Waals surface area contributed by atoms with Gasteiger partial charge in [-0.05, 0) is 43.5 Å². The van der Waals surface area contributed by atoms with Crippen LogP contribution < -0.4 is 0 Å². The lowest BCUT2D eigenvalue weighted by atomic mass is 9.86. The molecule has 0 unspecified atom stereocenters. The van der Waals surface area contributed by atoms with Gasteiger partial charge < -0.3 is 23.7 Å². The maximum absolute atomic E-state index is 12.1. The molecule has 0 bridgehead atoms. The Morgan fingerprint density at radius 3 is 2.81 bits per heavy atom. The molecule has 2 fully saturated rings. The number of carbonyl (C=O) groups is 1. The molecular formula is C18H20Br2O6. The van der Waals surface area contributed by atoms with Gasteiger partial charge in [-0.3, -0.25) is 4.79 Å². The highest BCUT2D eigenvalue weighted by atomic mass is 79.9. The average molecular weight is 492 g/mol. The number of esters is 1. The third kappa shape index (κ3) is 4.55. The number of fused-ring (bicyclic) bond motifs is 1. The molecule has 0 aromatic heterocycles. The number of benzene rings is 1. The molecule has 0 spiro atoms. The van der Waals surface area contributed by atoms with E-state index in [1.54, 1.807) is 7.11 Å². The van der Waals surface area contributed by atoms with Crippen LogP contribution in [0.4, 0.5) is 0 Å². The Morgan fingerprint density at radius 1 is 1.35 bits per heavy atom. The molecule has 0 aliphatic carbocycles. The summed E-state index contributed by atoms with van der Waals surface area (Å²) in [5.74, 6) is -0.364. The number of hydrogen-bond donors (Lipinski definition) is 0. The largest absolute Gasteiger partial charge is 0.432 e. The van der Waals surface area contributed by atoms with E-state index < -0.39 is 18.0 Å². The summed E-state index contributed by atoms with van der Waals surface area (Å²) in [6, 6.07) is 9.75. The Hall–Kier alpha value is -0.770. The number of hydrogen-bond acceptors (Lipinski definition) is 6. The molecule has 0 N–H and O–H groups in total. The zero-order valence-corrected chi connectivity index (χ0v) is 17.4. The first kappa shape index (κ1) is 20.0. The molecule has 1 aromatic rings. The van der Waals surface area contributed by atoms with Gasteiger partial charge in [0.05, 0.1) is 28.6 Å². The first-order chi connectivity index (χ1) is 12.5. The van der Waals surface area contributed by atoms with E-state index in [4.69, 9.17) is 23.7 Å².